The summed E-state index contributed by atoms with van der Waals surface area (Å²) in [6.07, 6.45) is 5.98. The summed E-state index contributed by atoms with van der Waals surface area (Å²) in [5.74, 6) is 0. The van der Waals surface area contributed by atoms with E-state index in [4.69, 9.17) is 14.8 Å². The molecule has 18 heavy (non-hydrogen) atoms. The summed E-state index contributed by atoms with van der Waals surface area (Å²) >= 11 is 0. The first kappa shape index (κ1) is 13.6. The van der Waals surface area contributed by atoms with Crippen LogP contribution in [0, 0.1) is 0 Å². The molecule has 0 spiro atoms. The average Bonchev–Trinajstić information content (AvgIpc) is 2.58. The normalized spacial score (nSPS) is 26.4. The average molecular weight is 252 g/mol. The van der Waals surface area contributed by atoms with E-state index in [-0.39, 0.29) is 6.10 Å². The third-order valence-corrected chi connectivity index (χ3v) is 3.46. The Kier molecular flexibility index (Phi) is 4.83. The molecule has 2 rings (SSSR count). The van der Waals surface area contributed by atoms with Gasteiger partial charge in [-0.15, -0.1) is 0 Å². The van der Waals surface area contributed by atoms with Crippen LogP contribution in [0.25, 0.3) is 0 Å². The molecule has 0 aromatic carbocycles. The van der Waals surface area contributed by atoms with E-state index in [1.54, 1.807) is 0 Å². The number of piperazine rings is 1. The van der Waals surface area contributed by atoms with Crippen LogP contribution >= 0.6 is 0 Å². The topological polar surface area (TPSA) is 56.2 Å². The van der Waals surface area contributed by atoms with Crippen LogP contribution in [-0.2, 0) is 4.74 Å². The number of allylic oxidation sites excluding steroid dienone is 2. The summed E-state index contributed by atoms with van der Waals surface area (Å²) < 4.78 is 5.58. The van der Waals surface area contributed by atoms with Crippen molar-refractivity contribution in [3.8, 4) is 0 Å². The molecule has 2 aliphatic heterocycles. The van der Waals surface area contributed by atoms with Gasteiger partial charge in [-0.25, -0.2) is 0 Å². The van der Waals surface area contributed by atoms with Gasteiger partial charge < -0.3 is 19.7 Å². The highest BCUT2D eigenvalue weighted by Crippen LogP contribution is 2.13. The fourth-order valence-corrected chi connectivity index (χ4v) is 2.18. The Morgan fingerprint density at radius 2 is 2.06 bits per heavy atom. The molecule has 0 radical (unpaired) electrons. The fraction of sp³-hybridized carbons (Fsp3) is 0.667. The van der Waals surface area contributed by atoms with Crippen molar-refractivity contribution in [3.63, 3.8) is 0 Å². The Morgan fingerprint density at radius 3 is 2.72 bits per heavy atom. The summed E-state index contributed by atoms with van der Waals surface area (Å²) in [6, 6.07) is 0. The van der Waals surface area contributed by atoms with Crippen LogP contribution in [0.4, 0.5) is 0 Å². The molecular weight excluding hydrogens is 231 g/mol. The Balaban J connectivity index is 1.83. The van der Waals surface area contributed by atoms with Gasteiger partial charge in [-0.2, -0.15) is 0 Å². The van der Waals surface area contributed by atoms with Crippen molar-refractivity contribution in [1.82, 2.24) is 9.80 Å². The molecule has 0 aromatic rings. The van der Waals surface area contributed by atoms with Crippen LogP contribution in [0.5, 0.6) is 0 Å². The number of rotatable bonds is 3. The van der Waals surface area contributed by atoms with E-state index in [9.17, 15) is 0 Å². The highest BCUT2D eigenvalue weighted by Gasteiger charge is 2.20. The van der Waals surface area contributed by atoms with E-state index >= 15 is 0 Å². The number of hydrogen-bond donors (Lipinski definition) is 2. The van der Waals surface area contributed by atoms with Gasteiger partial charge in [-0.3, -0.25) is 4.90 Å². The zero-order chi connectivity index (χ0) is 13.0. The van der Waals surface area contributed by atoms with Crippen molar-refractivity contribution in [2.75, 3.05) is 39.8 Å². The summed E-state index contributed by atoms with van der Waals surface area (Å²) in [7, 11) is 0.717. The van der Waals surface area contributed by atoms with Gasteiger partial charge in [-0.05, 0) is 25.0 Å². The quantitative estimate of drug-likeness (QED) is 0.522. The molecule has 1 unspecified atom stereocenters. The van der Waals surface area contributed by atoms with Crippen molar-refractivity contribution in [2.45, 2.75) is 12.5 Å². The first-order valence-corrected chi connectivity index (χ1v) is 6.43. The van der Waals surface area contributed by atoms with Gasteiger partial charge in [-0.1, -0.05) is 6.08 Å². The molecule has 100 valence electrons. The highest BCUT2D eigenvalue weighted by molar-refractivity contribution is 6.50. The van der Waals surface area contributed by atoms with Crippen LogP contribution < -0.4 is 0 Å². The Hall–Kier alpha value is -0.815. The molecule has 0 aromatic heterocycles. The molecular formula is C12H21BN2O3. The van der Waals surface area contributed by atoms with Crippen molar-refractivity contribution in [3.05, 3.63) is 23.9 Å². The van der Waals surface area contributed by atoms with E-state index in [1.165, 1.54) is 6.26 Å². The van der Waals surface area contributed by atoms with E-state index in [1.807, 2.05) is 12.2 Å². The molecule has 5 nitrogen and oxygen atoms in total. The summed E-state index contributed by atoms with van der Waals surface area (Å²) in [4.78, 5) is 4.70. The fourth-order valence-electron chi connectivity index (χ4n) is 2.18. The van der Waals surface area contributed by atoms with Gasteiger partial charge in [0.05, 0.1) is 6.26 Å². The maximum atomic E-state index is 9.10. The monoisotopic (exact) mass is 252 g/mol. The zero-order valence-corrected chi connectivity index (χ0v) is 10.8. The number of ether oxygens (including phenoxy) is 1. The smallest absolute Gasteiger partial charge is 0.487 e. The summed E-state index contributed by atoms with van der Waals surface area (Å²) in [5.41, 5.74) is 0.507. The van der Waals surface area contributed by atoms with Crippen molar-refractivity contribution in [2.24, 2.45) is 0 Å². The van der Waals surface area contributed by atoms with E-state index < -0.39 is 7.12 Å². The van der Waals surface area contributed by atoms with Crippen LogP contribution in [0.3, 0.4) is 0 Å². The van der Waals surface area contributed by atoms with Crippen molar-refractivity contribution in [1.29, 1.82) is 0 Å². The van der Waals surface area contributed by atoms with E-state index in [0.717, 1.165) is 32.7 Å². The number of nitrogens with zero attached hydrogens (tertiary/aromatic N) is 2. The summed E-state index contributed by atoms with van der Waals surface area (Å²) in [6.45, 7) is 5.15. The molecule has 6 heteroatoms. The lowest BCUT2D eigenvalue weighted by Gasteiger charge is -2.33. The lowest BCUT2D eigenvalue weighted by atomic mass is 9.78. The first-order chi connectivity index (χ1) is 8.65. The van der Waals surface area contributed by atoms with Crippen LogP contribution in [0.2, 0.25) is 0 Å². The predicted molar refractivity (Wildman–Crippen MR) is 70.8 cm³/mol. The Morgan fingerprint density at radius 1 is 1.33 bits per heavy atom. The SMILES string of the molecule is CN1CCN(CC2C=CCC(B(O)O)=CO2)CC1. The molecule has 1 saturated heterocycles. The standard InChI is InChI=1S/C12H21BN2O3/c1-14-5-7-15(8-6-14)9-12-4-2-3-11(10-18-12)13(16)17/h2,4,10,12,16-17H,3,5-9H2,1H3. The third kappa shape index (κ3) is 3.85. The van der Waals surface area contributed by atoms with E-state index in [0.29, 0.717) is 11.9 Å². The Bertz CT molecular complexity index is 325. The van der Waals surface area contributed by atoms with Crippen molar-refractivity contribution >= 4 is 7.12 Å². The van der Waals surface area contributed by atoms with Gasteiger partial charge >= 0.3 is 7.12 Å². The van der Waals surface area contributed by atoms with Gasteiger partial charge in [0.15, 0.2) is 0 Å². The molecule has 1 fully saturated rings. The van der Waals surface area contributed by atoms with E-state index in [2.05, 4.69) is 16.8 Å². The third-order valence-electron chi connectivity index (χ3n) is 3.46. The minimum absolute atomic E-state index is 0.00431. The van der Waals surface area contributed by atoms with Crippen LogP contribution in [0.15, 0.2) is 23.9 Å². The molecule has 2 aliphatic rings. The zero-order valence-electron chi connectivity index (χ0n) is 10.8. The summed E-state index contributed by atoms with van der Waals surface area (Å²) in [5, 5.41) is 18.2. The molecule has 0 amide bonds. The molecule has 0 bridgehead atoms. The van der Waals surface area contributed by atoms with Gasteiger partial charge in [0.25, 0.3) is 0 Å². The second-order valence-electron chi connectivity index (χ2n) is 4.98. The van der Waals surface area contributed by atoms with Crippen LogP contribution in [0.1, 0.15) is 6.42 Å². The largest absolute Gasteiger partial charge is 0.493 e. The molecule has 2 heterocycles. The molecule has 0 aliphatic carbocycles. The van der Waals surface area contributed by atoms with Gasteiger partial charge in [0.1, 0.15) is 6.10 Å². The minimum Gasteiger partial charge on any atom is -0.493 e. The first-order valence-electron chi connectivity index (χ1n) is 6.43. The Labute approximate surface area is 108 Å². The molecule has 2 N–H and O–H groups in total. The number of hydrogen-bond acceptors (Lipinski definition) is 5. The minimum atomic E-state index is -1.42. The van der Waals surface area contributed by atoms with Crippen molar-refractivity contribution < 1.29 is 14.8 Å². The highest BCUT2D eigenvalue weighted by atomic mass is 16.5. The maximum absolute atomic E-state index is 9.10. The molecule has 1 atom stereocenters. The molecule has 0 saturated carbocycles. The predicted octanol–water partition coefficient (Wildman–Crippen LogP) is -0.525. The number of likely N-dealkylation sites (N-methyl/N-ethyl adjacent to an activating group) is 1. The van der Waals surface area contributed by atoms with Crippen LogP contribution in [-0.4, -0.2) is 72.8 Å². The van der Waals surface area contributed by atoms with Gasteiger partial charge in [0.2, 0.25) is 0 Å². The second kappa shape index (κ2) is 6.38. The van der Waals surface area contributed by atoms with Gasteiger partial charge in [0, 0.05) is 32.7 Å². The second-order valence-corrected chi connectivity index (χ2v) is 4.98. The maximum Gasteiger partial charge on any atom is 0.487 e. The lowest BCUT2D eigenvalue weighted by Crippen LogP contribution is -2.46. The lowest BCUT2D eigenvalue weighted by molar-refractivity contribution is 0.0921.